The molecule has 1 aromatic rings. The van der Waals surface area contributed by atoms with Gasteiger partial charge in [-0.1, -0.05) is 18.2 Å². The minimum absolute atomic E-state index is 0.0469. The maximum absolute atomic E-state index is 11.9. The molecule has 0 aliphatic carbocycles. The molecule has 2 heterocycles. The zero-order valence-electron chi connectivity index (χ0n) is 12.5. The average Bonchev–Trinajstić information content (AvgIpc) is 2.90. The van der Waals surface area contributed by atoms with Crippen molar-refractivity contribution in [2.45, 2.75) is 31.4 Å². The molecule has 1 fully saturated rings. The molecule has 5 heteroatoms. The van der Waals surface area contributed by atoms with Crippen molar-refractivity contribution in [2.24, 2.45) is 0 Å². The third-order valence-electron chi connectivity index (χ3n) is 4.26. The summed E-state index contributed by atoms with van der Waals surface area (Å²) < 4.78 is 5.81. The molecule has 1 saturated heterocycles. The summed E-state index contributed by atoms with van der Waals surface area (Å²) in [5.74, 6) is 0.944. The quantitative estimate of drug-likeness (QED) is 0.884. The van der Waals surface area contributed by atoms with Crippen LogP contribution < -0.4 is 15.4 Å². The first-order valence-electron chi connectivity index (χ1n) is 7.68. The van der Waals surface area contributed by atoms with Gasteiger partial charge >= 0.3 is 6.03 Å². The summed E-state index contributed by atoms with van der Waals surface area (Å²) in [6, 6.07) is 8.26. The number of nitrogens with zero attached hydrogens (tertiary/aromatic N) is 1. The lowest BCUT2D eigenvalue weighted by molar-refractivity contribution is 0.201. The first-order chi connectivity index (χ1) is 10.2. The smallest absolute Gasteiger partial charge is 0.315 e. The molecule has 0 radical (unpaired) electrons. The summed E-state index contributed by atoms with van der Waals surface area (Å²) in [5.41, 5.74) is 1.22. The standard InChI is InChI=1S/C16H23N3O2/c1-19-8-6-13(7-9-19)18-16(20)17-11-14-10-12-4-2-3-5-15(12)21-14/h2-5,13-14H,6-11H2,1H3,(H2,17,18,20). The Balaban J connectivity index is 1.39. The first-order valence-corrected chi connectivity index (χ1v) is 7.68. The minimum atomic E-state index is -0.0795. The molecule has 0 bridgehead atoms. The van der Waals surface area contributed by atoms with Crippen molar-refractivity contribution >= 4 is 6.03 Å². The normalized spacial score (nSPS) is 22.4. The third-order valence-corrected chi connectivity index (χ3v) is 4.26. The molecule has 3 rings (SSSR count). The van der Waals surface area contributed by atoms with E-state index in [1.165, 1.54) is 5.56 Å². The molecule has 21 heavy (non-hydrogen) atoms. The van der Waals surface area contributed by atoms with E-state index in [-0.39, 0.29) is 12.1 Å². The summed E-state index contributed by atoms with van der Waals surface area (Å²) in [6.45, 7) is 2.64. The SMILES string of the molecule is CN1CCC(NC(=O)NCC2Cc3ccccc3O2)CC1. The van der Waals surface area contributed by atoms with Crippen molar-refractivity contribution in [1.29, 1.82) is 0 Å². The summed E-state index contributed by atoms with van der Waals surface area (Å²) in [7, 11) is 2.12. The number of piperidine rings is 1. The van der Waals surface area contributed by atoms with Gasteiger partial charge in [0.2, 0.25) is 0 Å². The average molecular weight is 289 g/mol. The fourth-order valence-electron chi connectivity index (χ4n) is 2.96. The van der Waals surface area contributed by atoms with Gasteiger partial charge in [0.05, 0.1) is 6.54 Å². The number of fused-ring (bicyclic) bond motifs is 1. The first kappa shape index (κ1) is 14.2. The van der Waals surface area contributed by atoms with E-state index in [9.17, 15) is 4.79 Å². The van der Waals surface area contributed by atoms with E-state index in [2.05, 4.69) is 28.6 Å². The number of rotatable bonds is 3. The van der Waals surface area contributed by atoms with E-state index >= 15 is 0 Å². The Bertz CT molecular complexity index is 473. The van der Waals surface area contributed by atoms with Gasteiger partial charge in [-0.3, -0.25) is 0 Å². The van der Waals surface area contributed by atoms with E-state index in [1.54, 1.807) is 0 Å². The Morgan fingerprint density at radius 3 is 2.86 bits per heavy atom. The van der Waals surface area contributed by atoms with Crippen LogP contribution in [0.4, 0.5) is 4.79 Å². The Hall–Kier alpha value is -1.75. The molecule has 2 aliphatic heterocycles. The number of amides is 2. The number of carbonyl (C=O) groups is 1. The van der Waals surface area contributed by atoms with Crippen LogP contribution >= 0.6 is 0 Å². The summed E-state index contributed by atoms with van der Waals surface area (Å²) in [5, 5.41) is 5.98. The number of carbonyl (C=O) groups excluding carboxylic acids is 1. The maximum atomic E-state index is 11.9. The second-order valence-corrected chi connectivity index (χ2v) is 5.98. The monoisotopic (exact) mass is 289 g/mol. The minimum Gasteiger partial charge on any atom is -0.488 e. The van der Waals surface area contributed by atoms with Crippen LogP contribution in [0.1, 0.15) is 18.4 Å². The van der Waals surface area contributed by atoms with E-state index in [4.69, 9.17) is 4.74 Å². The molecular weight excluding hydrogens is 266 g/mol. The number of hydrogen-bond acceptors (Lipinski definition) is 3. The Labute approximate surface area is 125 Å². The van der Waals surface area contributed by atoms with Crippen molar-refractivity contribution in [2.75, 3.05) is 26.7 Å². The molecule has 2 aliphatic rings. The maximum Gasteiger partial charge on any atom is 0.315 e. The molecule has 1 atom stereocenters. The van der Waals surface area contributed by atoms with Gasteiger partial charge in [0, 0.05) is 12.5 Å². The number of benzene rings is 1. The topological polar surface area (TPSA) is 53.6 Å². The molecule has 0 saturated carbocycles. The molecule has 2 amide bonds. The van der Waals surface area contributed by atoms with Crippen molar-refractivity contribution in [3.63, 3.8) is 0 Å². The summed E-state index contributed by atoms with van der Waals surface area (Å²) >= 11 is 0. The van der Waals surface area contributed by atoms with Gasteiger partial charge in [0.25, 0.3) is 0 Å². The molecule has 0 aromatic heterocycles. The van der Waals surface area contributed by atoms with E-state index < -0.39 is 0 Å². The second-order valence-electron chi connectivity index (χ2n) is 5.98. The van der Waals surface area contributed by atoms with Gasteiger partial charge in [0.1, 0.15) is 11.9 Å². The number of likely N-dealkylation sites (tertiary alicyclic amines) is 1. The predicted molar refractivity (Wildman–Crippen MR) is 81.6 cm³/mol. The van der Waals surface area contributed by atoms with Crippen LogP contribution in [0, 0.1) is 0 Å². The Morgan fingerprint density at radius 2 is 2.10 bits per heavy atom. The lowest BCUT2D eigenvalue weighted by Gasteiger charge is -2.29. The third kappa shape index (κ3) is 3.67. The summed E-state index contributed by atoms with van der Waals surface area (Å²) in [6.07, 6.45) is 2.96. The zero-order chi connectivity index (χ0) is 14.7. The van der Waals surface area contributed by atoms with E-state index in [1.807, 2.05) is 18.2 Å². The molecule has 2 N–H and O–H groups in total. The van der Waals surface area contributed by atoms with Crippen LogP contribution in [0.5, 0.6) is 5.75 Å². The molecule has 1 aromatic carbocycles. The molecule has 1 unspecified atom stereocenters. The van der Waals surface area contributed by atoms with Crippen molar-refractivity contribution in [3.05, 3.63) is 29.8 Å². The van der Waals surface area contributed by atoms with Crippen LogP contribution in [-0.2, 0) is 6.42 Å². The van der Waals surface area contributed by atoms with E-state index in [0.717, 1.165) is 38.1 Å². The Morgan fingerprint density at radius 1 is 1.33 bits per heavy atom. The highest BCUT2D eigenvalue weighted by Gasteiger charge is 2.23. The van der Waals surface area contributed by atoms with Crippen LogP contribution in [-0.4, -0.2) is 49.8 Å². The van der Waals surface area contributed by atoms with Gasteiger partial charge in [0.15, 0.2) is 0 Å². The van der Waals surface area contributed by atoms with Gasteiger partial charge in [-0.2, -0.15) is 0 Å². The lowest BCUT2D eigenvalue weighted by atomic mass is 10.1. The Kier molecular flexibility index (Phi) is 4.29. The number of hydrogen-bond donors (Lipinski definition) is 2. The highest BCUT2D eigenvalue weighted by molar-refractivity contribution is 5.74. The second kappa shape index (κ2) is 6.35. The molecule has 114 valence electrons. The fourth-order valence-corrected chi connectivity index (χ4v) is 2.96. The fraction of sp³-hybridized carbons (Fsp3) is 0.562. The predicted octanol–water partition coefficient (Wildman–Crippen LogP) is 1.38. The number of urea groups is 1. The van der Waals surface area contributed by atoms with Crippen molar-refractivity contribution in [1.82, 2.24) is 15.5 Å². The van der Waals surface area contributed by atoms with Crippen LogP contribution in [0.25, 0.3) is 0 Å². The summed E-state index contributed by atoms with van der Waals surface area (Å²) in [4.78, 5) is 14.2. The van der Waals surface area contributed by atoms with Crippen molar-refractivity contribution in [3.8, 4) is 5.75 Å². The largest absolute Gasteiger partial charge is 0.488 e. The number of nitrogens with one attached hydrogen (secondary N) is 2. The zero-order valence-corrected chi connectivity index (χ0v) is 12.5. The molecule has 5 nitrogen and oxygen atoms in total. The van der Waals surface area contributed by atoms with Gasteiger partial charge in [-0.05, 0) is 44.6 Å². The van der Waals surface area contributed by atoms with Crippen molar-refractivity contribution < 1.29 is 9.53 Å². The molecule has 0 spiro atoms. The van der Waals surface area contributed by atoms with Crippen LogP contribution in [0.2, 0.25) is 0 Å². The number of ether oxygens (including phenoxy) is 1. The highest BCUT2D eigenvalue weighted by Crippen LogP contribution is 2.27. The van der Waals surface area contributed by atoms with E-state index in [0.29, 0.717) is 12.6 Å². The van der Waals surface area contributed by atoms with Crippen LogP contribution in [0.15, 0.2) is 24.3 Å². The van der Waals surface area contributed by atoms with Gasteiger partial charge < -0.3 is 20.3 Å². The van der Waals surface area contributed by atoms with Gasteiger partial charge in [-0.15, -0.1) is 0 Å². The lowest BCUT2D eigenvalue weighted by Crippen LogP contribution is -2.48. The van der Waals surface area contributed by atoms with Gasteiger partial charge in [-0.25, -0.2) is 4.79 Å². The highest BCUT2D eigenvalue weighted by atomic mass is 16.5. The molecular formula is C16H23N3O2. The van der Waals surface area contributed by atoms with Crippen LogP contribution in [0.3, 0.4) is 0 Å². The number of para-hydroxylation sites is 1.